The van der Waals surface area contributed by atoms with Gasteiger partial charge in [-0.15, -0.1) is 0 Å². The van der Waals surface area contributed by atoms with Crippen LogP contribution >= 0.6 is 0 Å². The molecule has 7 nitrogen and oxygen atoms in total. The van der Waals surface area contributed by atoms with Crippen molar-refractivity contribution in [3.8, 4) is 0 Å². The molecule has 1 spiro atoms. The quantitative estimate of drug-likeness (QED) is 0.259. The first-order valence-corrected chi connectivity index (χ1v) is 17.7. The van der Waals surface area contributed by atoms with E-state index in [9.17, 15) is 10.1 Å². The molecule has 4 saturated carbocycles. The van der Waals surface area contributed by atoms with Crippen molar-refractivity contribution in [1.82, 2.24) is 10.6 Å². The van der Waals surface area contributed by atoms with Crippen molar-refractivity contribution < 1.29 is 9.66 Å². The minimum Gasteiger partial charge on any atom is -0.357 e. The van der Waals surface area contributed by atoms with Gasteiger partial charge in [0.2, 0.25) is 0 Å². The SMILES string of the molecule is C[C@H]1CC[C@]2(NC1)O[C@H]1C[C@H]3[C@@H]4CC[C@H]5CC(NC[C@@H](N)Cc6ccc([N+](=O)[O-])cc6)CC[C@]5(C)[C@H]4CC[C@]3(C)[C@H]1[C@@H]2C. The lowest BCUT2D eigenvalue weighted by molar-refractivity contribution is -0.384. The molecule has 1 unspecified atom stereocenters. The van der Waals surface area contributed by atoms with E-state index in [1.54, 1.807) is 12.1 Å². The first-order valence-electron chi connectivity index (χ1n) is 17.7. The lowest BCUT2D eigenvalue weighted by atomic mass is 9.44. The van der Waals surface area contributed by atoms with Crippen molar-refractivity contribution in [3.63, 3.8) is 0 Å². The number of nitrogens with zero attached hydrogens (tertiary/aromatic N) is 1. The van der Waals surface area contributed by atoms with Crippen LogP contribution in [-0.4, -0.2) is 41.9 Å². The summed E-state index contributed by atoms with van der Waals surface area (Å²) in [4.78, 5) is 10.6. The van der Waals surface area contributed by atoms with Crippen LogP contribution in [0.25, 0.3) is 0 Å². The second-order valence-electron chi connectivity index (χ2n) is 16.6. The number of nitro benzene ring substituents is 1. The van der Waals surface area contributed by atoms with Gasteiger partial charge in [-0.2, -0.15) is 0 Å². The van der Waals surface area contributed by atoms with Gasteiger partial charge >= 0.3 is 0 Å². The van der Waals surface area contributed by atoms with Gasteiger partial charge in [0.25, 0.3) is 5.69 Å². The molecule has 2 saturated heterocycles. The number of nitrogens with two attached hydrogens (primary N) is 1. The topological polar surface area (TPSA) is 102 Å². The van der Waals surface area contributed by atoms with Crippen molar-refractivity contribution >= 4 is 5.69 Å². The van der Waals surface area contributed by atoms with E-state index in [1.165, 1.54) is 64.2 Å². The summed E-state index contributed by atoms with van der Waals surface area (Å²) in [6.45, 7) is 12.2. The number of ether oxygens (including phenoxy) is 1. The van der Waals surface area contributed by atoms with Gasteiger partial charge in [-0.25, -0.2) is 0 Å². The van der Waals surface area contributed by atoms with Crippen LogP contribution in [0.3, 0.4) is 0 Å². The van der Waals surface area contributed by atoms with E-state index in [1.807, 2.05) is 12.1 Å². The normalized spacial score (nSPS) is 47.8. The van der Waals surface area contributed by atoms with Crippen molar-refractivity contribution in [2.75, 3.05) is 13.1 Å². The molecule has 2 heterocycles. The maximum absolute atomic E-state index is 11.0. The van der Waals surface area contributed by atoms with E-state index in [2.05, 4.69) is 38.3 Å². The van der Waals surface area contributed by atoms with Gasteiger partial charge in [0.1, 0.15) is 5.72 Å². The van der Waals surface area contributed by atoms with Crippen LogP contribution in [0.2, 0.25) is 0 Å². The number of rotatable bonds is 6. The molecule has 238 valence electrons. The minimum absolute atomic E-state index is 0.0132. The number of benzene rings is 1. The summed E-state index contributed by atoms with van der Waals surface area (Å²) in [5, 5.41) is 18.7. The molecule has 7 rings (SSSR count). The molecular formula is C36H56N4O3. The van der Waals surface area contributed by atoms with Gasteiger partial charge in [0.15, 0.2) is 0 Å². The second-order valence-corrected chi connectivity index (χ2v) is 16.6. The molecule has 0 amide bonds. The number of non-ortho nitro benzene ring substituents is 1. The predicted octanol–water partition coefficient (Wildman–Crippen LogP) is 6.44. The second kappa shape index (κ2) is 11.1. The van der Waals surface area contributed by atoms with Gasteiger partial charge in [-0.1, -0.05) is 39.8 Å². The van der Waals surface area contributed by atoms with Crippen molar-refractivity contribution in [1.29, 1.82) is 0 Å². The molecule has 0 radical (unpaired) electrons. The Morgan fingerprint density at radius 3 is 2.51 bits per heavy atom. The molecule has 6 fully saturated rings. The number of piperidine rings is 1. The van der Waals surface area contributed by atoms with Crippen molar-refractivity contribution in [2.45, 2.75) is 122 Å². The number of nitrogens with one attached hydrogen (secondary N) is 2. The highest BCUT2D eigenvalue weighted by molar-refractivity contribution is 5.33. The van der Waals surface area contributed by atoms with Crippen LogP contribution in [0, 0.1) is 62.4 Å². The lowest BCUT2D eigenvalue weighted by Crippen LogP contribution is -2.58. The molecule has 4 N–H and O–H groups in total. The summed E-state index contributed by atoms with van der Waals surface area (Å²) in [5.74, 6) is 5.46. The van der Waals surface area contributed by atoms with Gasteiger partial charge < -0.3 is 15.8 Å². The third kappa shape index (κ3) is 4.99. The highest BCUT2D eigenvalue weighted by Gasteiger charge is 2.68. The Kier molecular flexibility index (Phi) is 7.75. The van der Waals surface area contributed by atoms with Gasteiger partial charge in [0, 0.05) is 43.2 Å². The third-order valence-electron chi connectivity index (χ3n) is 14.5. The molecule has 2 aliphatic heterocycles. The Labute approximate surface area is 259 Å². The standard InChI is InChI=1S/C36H56N4O3/c1-22-11-16-36(39-20-22)23(2)33-32(43-36)19-31-29-10-7-25-18-27(12-14-34(25,3)30(29)13-15-35(31,33)4)38-21-26(37)17-24-5-8-28(9-6-24)40(41)42/h5-6,8-9,22-23,25-27,29-33,38-39H,7,10-21,37H2,1-4H3/t22-,23-,25-,26-,27?,29+,30-,31-,32-,33-,34-,35-,36-/m0/s1. The molecule has 13 atom stereocenters. The summed E-state index contributed by atoms with van der Waals surface area (Å²) < 4.78 is 7.10. The van der Waals surface area contributed by atoms with E-state index < -0.39 is 0 Å². The van der Waals surface area contributed by atoms with E-state index in [0.29, 0.717) is 34.8 Å². The van der Waals surface area contributed by atoms with Gasteiger partial charge in [-0.05, 0) is 123 Å². The lowest BCUT2D eigenvalue weighted by Gasteiger charge is -2.61. The maximum Gasteiger partial charge on any atom is 0.269 e. The number of fused-ring (bicyclic) bond motifs is 7. The first-order chi connectivity index (χ1) is 20.5. The summed E-state index contributed by atoms with van der Waals surface area (Å²) in [5.41, 5.74) is 8.55. The summed E-state index contributed by atoms with van der Waals surface area (Å²) >= 11 is 0. The Morgan fingerprint density at radius 1 is 1.02 bits per heavy atom. The molecule has 43 heavy (non-hydrogen) atoms. The van der Waals surface area contributed by atoms with E-state index in [0.717, 1.165) is 54.7 Å². The summed E-state index contributed by atoms with van der Waals surface area (Å²) in [7, 11) is 0. The van der Waals surface area contributed by atoms with Crippen molar-refractivity contribution in [3.05, 3.63) is 39.9 Å². The fraction of sp³-hybridized carbons (Fsp3) is 0.833. The van der Waals surface area contributed by atoms with E-state index in [4.69, 9.17) is 10.5 Å². The molecule has 7 heteroatoms. The fourth-order valence-corrected chi connectivity index (χ4v) is 12.1. The smallest absolute Gasteiger partial charge is 0.269 e. The maximum atomic E-state index is 11.0. The van der Waals surface area contributed by atoms with Crippen molar-refractivity contribution in [2.24, 2.45) is 58.0 Å². The van der Waals surface area contributed by atoms with Crippen LogP contribution in [-0.2, 0) is 11.2 Å². The van der Waals surface area contributed by atoms with Crippen LogP contribution in [0.5, 0.6) is 0 Å². The molecular weight excluding hydrogens is 536 g/mol. The summed E-state index contributed by atoms with van der Waals surface area (Å²) in [6, 6.07) is 7.41. The Balaban J connectivity index is 0.957. The zero-order valence-corrected chi connectivity index (χ0v) is 27.0. The molecule has 0 aromatic heterocycles. The zero-order chi connectivity index (χ0) is 30.1. The molecule has 4 aliphatic carbocycles. The highest BCUT2D eigenvalue weighted by atomic mass is 16.6. The Hall–Kier alpha value is -1.54. The largest absolute Gasteiger partial charge is 0.357 e. The summed E-state index contributed by atoms with van der Waals surface area (Å²) in [6.07, 6.45) is 14.4. The number of hydrogen-bond acceptors (Lipinski definition) is 6. The van der Waals surface area contributed by atoms with Gasteiger partial charge in [-0.3, -0.25) is 15.4 Å². The average Bonchev–Trinajstić information content (AvgIpc) is 3.43. The monoisotopic (exact) mass is 592 g/mol. The van der Waals surface area contributed by atoms with E-state index in [-0.39, 0.29) is 22.4 Å². The zero-order valence-electron chi connectivity index (χ0n) is 27.0. The van der Waals surface area contributed by atoms with Crippen LogP contribution < -0.4 is 16.4 Å². The van der Waals surface area contributed by atoms with Crippen LogP contribution in [0.1, 0.15) is 97.5 Å². The van der Waals surface area contributed by atoms with E-state index >= 15 is 0 Å². The average molecular weight is 593 g/mol. The molecule has 0 bridgehead atoms. The molecule has 1 aromatic carbocycles. The molecule has 1 aromatic rings. The highest BCUT2D eigenvalue weighted by Crippen LogP contribution is 2.71. The Bertz CT molecular complexity index is 1180. The van der Waals surface area contributed by atoms with Gasteiger partial charge in [0.05, 0.1) is 11.0 Å². The Morgan fingerprint density at radius 2 is 1.79 bits per heavy atom. The number of hydrogen-bond donors (Lipinski definition) is 3. The first kappa shape index (κ1) is 30.1. The predicted molar refractivity (Wildman–Crippen MR) is 170 cm³/mol. The third-order valence-corrected chi connectivity index (χ3v) is 14.5. The fourth-order valence-electron chi connectivity index (χ4n) is 12.1. The minimum atomic E-state index is -0.348. The van der Waals surface area contributed by atoms with Crippen LogP contribution in [0.4, 0.5) is 5.69 Å². The molecule has 6 aliphatic rings. The number of nitro groups is 1. The van der Waals surface area contributed by atoms with Crippen LogP contribution in [0.15, 0.2) is 24.3 Å².